The molecule has 0 aliphatic heterocycles. The zero-order valence-electron chi connectivity index (χ0n) is 31.5. The van der Waals surface area contributed by atoms with Crippen LogP contribution in [-0.4, -0.2) is 24.1 Å². The molecule has 0 saturated heterocycles. The molecule has 0 spiro atoms. The third-order valence-corrected chi connectivity index (χ3v) is 11.5. The fourth-order valence-corrected chi connectivity index (χ4v) is 8.99. The van der Waals surface area contributed by atoms with Gasteiger partial charge in [-0.05, 0) is 55.0 Å². The van der Waals surface area contributed by atoms with E-state index < -0.39 is 0 Å². The average molecular weight is 744 g/mol. The Kier molecular flexibility index (Phi) is 7.04. The zero-order chi connectivity index (χ0) is 38.3. The van der Waals surface area contributed by atoms with Gasteiger partial charge in [0.25, 0.3) is 0 Å². The van der Waals surface area contributed by atoms with E-state index in [2.05, 4.69) is 125 Å². The summed E-state index contributed by atoms with van der Waals surface area (Å²) in [7, 11) is 0. The standard InChI is InChI=1S/C52H33N5O/c1-32-31-43(57-41-27-15-12-24-38(41)46-42(57)30-29-37-36-23-11-14-26-40(36)56(48(37)46)35-21-9-4-10-22-35)47-39-25-13-16-28-44(39)58-49(47)45(32)52-54-50(33-17-5-2-6-18-33)53-51(55-52)34-19-7-3-8-20-34/h2-31H,1H3. The highest BCUT2D eigenvalue weighted by molar-refractivity contribution is 6.27. The summed E-state index contributed by atoms with van der Waals surface area (Å²) in [6, 6.07) is 63.6. The summed E-state index contributed by atoms with van der Waals surface area (Å²) in [4.78, 5) is 15.3. The van der Waals surface area contributed by atoms with E-state index in [1.165, 1.54) is 32.6 Å². The van der Waals surface area contributed by atoms with Crippen LogP contribution in [0, 0.1) is 6.92 Å². The second-order valence-electron chi connectivity index (χ2n) is 14.8. The Hall–Kier alpha value is -7.83. The zero-order valence-corrected chi connectivity index (χ0v) is 31.5. The molecule has 8 aromatic carbocycles. The highest BCUT2D eigenvalue weighted by Crippen LogP contribution is 2.46. The first-order chi connectivity index (χ1) is 28.7. The minimum Gasteiger partial charge on any atom is -0.455 e. The van der Waals surface area contributed by atoms with Crippen molar-refractivity contribution in [1.29, 1.82) is 0 Å². The summed E-state index contributed by atoms with van der Waals surface area (Å²) in [5.41, 5.74) is 12.0. The molecule has 0 amide bonds. The topological polar surface area (TPSA) is 61.7 Å². The number of fused-ring (bicyclic) bond motifs is 10. The van der Waals surface area contributed by atoms with Gasteiger partial charge in [-0.2, -0.15) is 0 Å². The van der Waals surface area contributed by atoms with Crippen LogP contribution in [0.2, 0.25) is 0 Å². The summed E-state index contributed by atoms with van der Waals surface area (Å²) < 4.78 is 11.8. The third-order valence-electron chi connectivity index (χ3n) is 11.5. The summed E-state index contributed by atoms with van der Waals surface area (Å²) in [6.45, 7) is 2.14. The third kappa shape index (κ3) is 4.75. The van der Waals surface area contributed by atoms with Gasteiger partial charge >= 0.3 is 0 Å². The van der Waals surface area contributed by atoms with Crippen molar-refractivity contribution in [2.45, 2.75) is 6.92 Å². The Labute approximate surface area is 332 Å². The normalized spacial score (nSPS) is 11.9. The molecular weight excluding hydrogens is 711 g/mol. The van der Waals surface area contributed by atoms with Crippen molar-refractivity contribution in [1.82, 2.24) is 24.1 Å². The lowest BCUT2D eigenvalue weighted by Gasteiger charge is -2.15. The Morgan fingerprint density at radius 2 is 0.983 bits per heavy atom. The number of para-hydroxylation sites is 4. The molecule has 0 unspecified atom stereocenters. The number of benzene rings is 8. The summed E-state index contributed by atoms with van der Waals surface area (Å²) in [5, 5.41) is 6.87. The summed E-state index contributed by atoms with van der Waals surface area (Å²) in [5.74, 6) is 1.78. The number of hydrogen-bond acceptors (Lipinski definition) is 4. The highest BCUT2D eigenvalue weighted by atomic mass is 16.3. The molecule has 0 bridgehead atoms. The van der Waals surface area contributed by atoms with E-state index in [1.54, 1.807) is 0 Å². The lowest BCUT2D eigenvalue weighted by Crippen LogP contribution is -2.03. The molecule has 6 heteroatoms. The monoisotopic (exact) mass is 743 g/mol. The van der Waals surface area contributed by atoms with Gasteiger partial charge < -0.3 is 13.6 Å². The molecule has 6 nitrogen and oxygen atoms in total. The summed E-state index contributed by atoms with van der Waals surface area (Å²) in [6.07, 6.45) is 0. The number of rotatable bonds is 5. The first-order valence-corrected chi connectivity index (χ1v) is 19.5. The van der Waals surface area contributed by atoms with Crippen molar-refractivity contribution in [2.24, 2.45) is 0 Å². The van der Waals surface area contributed by atoms with Crippen LogP contribution in [0.15, 0.2) is 186 Å². The van der Waals surface area contributed by atoms with Gasteiger partial charge in [0, 0.05) is 43.7 Å². The van der Waals surface area contributed by atoms with E-state index in [0.717, 1.165) is 66.6 Å². The lowest BCUT2D eigenvalue weighted by molar-refractivity contribution is 0.669. The van der Waals surface area contributed by atoms with Crippen molar-refractivity contribution >= 4 is 65.6 Å². The number of hydrogen-bond donors (Lipinski definition) is 0. The molecule has 4 heterocycles. The van der Waals surface area contributed by atoms with Crippen molar-refractivity contribution in [3.63, 3.8) is 0 Å². The maximum Gasteiger partial charge on any atom is 0.168 e. The van der Waals surface area contributed by atoms with Gasteiger partial charge in [-0.1, -0.05) is 140 Å². The number of aryl methyl sites for hydroxylation is 1. The fraction of sp³-hybridized carbons (Fsp3) is 0.0192. The predicted molar refractivity (Wildman–Crippen MR) is 237 cm³/mol. The smallest absolute Gasteiger partial charge is 0.168 e. The summed E-state index contributed by atoms with van der Waals surface area (Å²) >= 11 is 0. The Morgan fingerprint density at radius 1 is 0.431 bits per heavy atom. The molecule has 0 atom stereocenters. The molecule has 0 fully saturated rings. The predicted octanol–water partition coefficient (Wildman–Crippen LogP) is 13.3. The number of aromatic nitrogens is 5. The van der Waals surface area contributed by atoms with E-state index in [4.69, 9.17) is 19.4 Å². The van der Waals surface area contributed by atoms with Crippen molar-refractivity contribution in [3.05, 3.63) is 188 Å². The van der Waals surface area contributed by atoms with Crippen LogP contribution < -0.4 is 0 Å². The van der Waals surface area contributed by atoms with Gasteiger partial charge in [-0.15, -0.1) is 0 Å². The molecule has 0 aliphatic rings. The molecule has 0 aliphatic carbocycles. The molecule has 0 radical (unpaired) electrons. The fourth-order valence-electron chi connectivity index (χ4n) is 8.99. The lowest BCUT2D eigenvalue weighted by atomic mass is 10.0. The molecule has 0 N–H and O–H groups in total. The maximum atomic E-state index is 6.94. The average Bonchev–Trinajstić information content (AvgIpc) is 3.95. The minimum absolute atomic E-state index is 0.567. The molecule has 58 heavy (non-hydrogen) atoms. The van der Waals surface area contributed by atoms with Crippen LogP contribution in [0.1, 0.15) is 5.56 Å². The molecular formula is C52H33N5O. The van der Waals surface area contributed by atoms with E-state index in [-0.39, 0.29) is 0 Å². The van der Waals surface area contributed by atoms with Crippen molar-refractivity contribution in [3.8, 4) is 45.5 Å². The quantitative estimate of drug-likeness (QED) is 0.176. The molecule has 12 rings (SSSR count). The first-order valence-electron chi connectivity index (χ1n) is 19.5. The SMILES string of the molecule is Cc1cc(-n2c3ccccc3c3c2ccc2c4ccccc4n(-c4ccccc4)c23)c2c(oc3ccccc32)c1-c1nc(-c2ccccc2)nc(-c2ccccc2)n1. The van der Waals surface area contributed by atoms with Gasteiger partial charge in [-0.25, -0.2) is 15.0 Å². The maximum absolute atomic E-state index is 6.94. The van der Waals surface area contributed by atoms with Gasteiger partial charge in [-0.3, -0.25) is 0 Å². The Bertz CT molecular complexity index is 3510. The van der Waals surface area contributed by atoms with Gasteiger partial charge in [0.05, 0.1) is 38.7 Å². The van der Waals surface area contributed by atoms with Crippen LogP contribution in [0.3, 0.4) is 0 Å². The Balaban J connectivity index is 1.20. The molecule has 272 valence electrons. The van der Waals surface area contributed by atoms with E-state index in [0.29, 0.717) is 17.5 Å². The van der Waals surface area contributed by atoms with Crippen LogP contribution >= 0.6 is 0 Å². The highest BCUT2D eigenvalue weighted by Gasteiger charge is 2.26. The Morgan fingerprint density at radius 3 is 1.67 bits per heavy atom. The van der Waals surface area contributed by atoms with Gasteiger partial charge in [0.1, 0.15) is 11.2 Å². The van der Waals surface area contributed by atoms with Crippen molar-refractivity contribution < 1.29 is 4.42 Å². The van der Waals surface area contributed by atoms with E-state index >= 15 is 0 Å². The molecule has 0 saturated carbocycles. The van der Waals surface area contributed by atoms with Crippen LogP contribution in [0.25, 0.3) is 111 Å². The van der Waals surface area contributed by atoms with Crippen molar-refractivity contribution in [2.75, 3.05) is 0 Å². The van der Waals surface area contributed by atoms with Gasteiger partial charge in [0.2, 0.25) is 0 Å². The van der Waals surface area contributed by atoms with Crippen LogP contribution in [-0.2, 0) is 0 Å². The van der Waals surface area contributed by atoms with Gasteiger partial charge in [0.15, 0.2) is 17.5 Å². The van der Waals surface area contributed by atoms with E-state index in [1.807, 2.05) is 72.8 Å². The second kappa shape index (κ2) is 12.6. The van der Waals surface area contributed by atoms with Crippen LogP contribution in [0.4, 0.5) is 0 Å². The minimum atomic E-state index is 0.567. The van der Waals surface area contributed by atoms with E-state index in [9.17, 15) is 0 Å². The molecule has 12 aromatic rings. The first kappa shape index (κ1) is 32.4. The molecule has 4 aromatic heterocycles. The van der Waals surface area contributed by atoms with Crippen LogP contribution in [0.5, 0.6) is 0 Å². The second-order valence-corrected chi connectivity index (χ2v) is 14.8. The number of furan rings is 1. The largest absolute Gasteiger partial charge is 0.455 e. The number of nitrogens with zero attached hydrogens (tertiary/aromatic N) is 5.